The molecule has 1 spiro atoms. The molecule has 1 aromatic carbocycles. The van der Waals surface area contributed by atoms with E-state index in [2.05, 4.69) is 51.7 Å². The van der Waals surface area contributed by atoms with Crippen LogP contribution in [-0.4, -0.2) is 59.2 Å². The molecular formula is C24H33N3O2. The summed E-state index contributed by atoms with van der Waals surface area (Å²) in [6.45, 7) is 5.88. The fourth-order valence-electron chi connectivity index (χ4n) is 5.62. The quantitative estimate of drug-likeness (QED) is 0.794. The zero-order valence-corrected chi connectivity index (χ0v) is 17.6. The van der Waals surface area contributed by atoms with Crippen LogP contribution in [0.3, 0.4) is 0 Å². The van der Waals surface area contributed by atoms with Gasteiger partial charge in [-0.1, -0.05) is 18.2 Å². The van der Waals surface area contributed by atoms with E-state index in [-0.39, 0.29) is 6.10 Å². The first-order valence-corrected chi connectivity index (χ1v) is 11.3. The number of ether oxygens (including phenoxy) is 1. The third-order valence-corrected chi connectivity index (χ3v) is 7.55. The Kier molecular flexibility index (Phi) is 5.12. The Morgan fingerprint density at radius 1 is 1.17 bits per heavy atom. The van der Waals surface area contributed by atoms with Crippen LogP contribution in [0.4, 0.5) is 0 Å². The summed E-state index contributed by atoms with van der Waals surface area (Å²) in [4.78, 5) is 17.2. The standard InChI is InChI=1S/C24H33N3O2/c1-25-20(15-19-5-2-3-7-22(19)25)16-26-12-10-24(11-13-26)9-8-23(28)27(18-24)17-21-6-4-14-29-21/h2-3,5,7,15,21H,4,6,8-14,16-18H2,1H3/t21-/m0/s1. The second-order valence-electron chi connectivity index (χ2n) is 9.44. The Morgan fingerprint density at radius 2 is 2.00 bits per heavy atom. The number of hydrogen-bond donors (Lipinski definition) is 0. The number of amides is 1. The third kappa shape index (κ3) is 3.82. The van der Waals surface area contributed by atoms with Gasteiger partial charge in [0, 0.05) is 50.9 Å². The molecule has 5 rings (SSSR count). The highest BCUT2D eigenvalue weighted by molar-refractivity contribution is 5.81. The van der Waals surface area contributed by atoms with Crippen molar-refractivity contribution in [3.05, 3.63) is 36.0 Å². The van der Waals surface area contributed by atoms with E-state index in [0.717, 1.165) is 65.0 Å². The van der Waals surface area contributed by atoms with Crippen LogP contribution in [0.25, 0.3) is 10.9 Å². The van der Waals surface area contributed by atoms with Gasteiger partial charge in [0.2, 0.25) is 5.91 Å². The molecule has 3 aliphatic rings. The number of rotatable bonds is 4. The van der Waals surface area contributed by atoms with Crippen LogP contribution in [0.15, 0.2) is 30.3 Å². The number of aryl methyl sites for hydroxylation is 1. The lowest BCUT2D eigenvalue weighted by atomic mass is 9.72. The van der Waals surface area contributed by atoms with Gasteiger partial charge in [0.05, 0.1) is 6.10 Å². The molecule has 5 nitrogen and oxygen atoms in total. The number of nitrogens with zero attached hydrogens (tertiary/aromatic N) is 3. The van der Waals surface area contributed by atoms with Gasteiger partial charge in [-0.25, -0.2) is 0 Å². The maximum absolute atomic E-state index is 12.5. The van der Waals surface area contributed by atoms with Crippen molar-refractivity contribution in [3.8, 4) is 0 Å². The van der Waals surface area contributed by atoms with Crippen molar-refractivity contribution in [1.29, 1.82) is 0 Å². The van der Waals surface area contributed by atoms with Gasteiger partial charge >= 0.3 is 0 Å². The third-order valence-electron chi connectivity index (χ3n) is 7.55. The number of likely N-dealkylation sites (tertiary alicyclic amines) is 2. The Bertz CT molecular complexity index is 875. The lowest BCUT2D eigenvalue weighted by Crippen LogP contribution is -2.52. The molecule has 3 fully saturated rings. The molecule has 1 aromatic heterocycles. The average Bonchev–Trinajstić information content (AvgIpc) is 3.35. The zero-order valence-electron chi connectivity index (χ0n) is 17.6. The number of hydrogen-bond acceptors (Lipinski definition) is 3. The fourth-order valence-corrected chi connectivity index (χ4v) is 5.62. The van der Waals surface area contributed by atoms with E-state index in [1.807, 2.05) is 0 Å². The highest BCUT2D eigenvalue weighted by Crippen LogP contribution is 2.41. The Morgan fingerprint density at radius 3 is 2.76 bits per heavy atom. The number of para-hydroxylation sites is 1. The van der Waals surface area contributed by atoms with Crippen molar-refractivity contribution in [2.45, 2.75) is 51.2 Å². The molecule has 0 bridgehead atoms. The first-order valence-electron chi connectivity index (χ1n) is 11.3. The summed E-state index contributed by atoms with van der Waals surface area (Å²) in [5.74, 6) is 0.337. The summed E-state index contributed by atoms with van der Waals surface area (Å²) >= 11 is 0. The van der Waals surface area contributed by atoms with Crippen LogP contribution in [-0.2, 0) is 23.1 Å². The van der Waals surface area contributed by atoms with Crippen LogP contribution in [0.2, 0.25) is 0 Å². The van der Waals surface area contributed by atoms with Crippen molar-refractivity contribution in [2.24, 2.45) is 12.5 Å². The van der Waals surface area contributed by atoms with Gasteiger partial charge in [-0.3, -0.25) is 9.69 Å². The van der Waals surface area contributed by atoms with Crippen LogP contribution < -0.4 is 0 Å². The van der Waals surface area contributed by atoms with Crippen LogP contribution in [0.5, 0.6) is 0 Å². The molecule has 4 heterocycles. The van der Waals surface area contributed by atoms with Gasteiger partial charge in [-0.05, 0) is 68.1 Å². The summed E-state index contributed by atoms with van der Waals surface area (Å²) in [5, 5.41) is 1.33. The van der Waals surface area contributed by atoms with E-state index in [4.69, 9.17) is 4.74 Å². The summed E-state index contributed by atoms with van der Waals surface area (Å²) in [6, 6.07) is 11.0. The first-order chi connectivity index (χ1) is 14.1. The van der Waals surface area contributed by atoms with Crippen LogP contribution in [0, 0.1) is 5.41 Å². The summed E-state index contributed by atoms with van der Waals surface area (Å²) < 4.78 is 8.13. The minimum absolute atomic E-state index is 0.265. The molecule has 5 heteroatoms. The monoisotopic (exact) mass is 395 g/mol. The molecule has 0 saturated carbocycles. The lowest BCUT2D eigenvalue weighted by Gasteiger charge is -2.48. The van der Waals surface area contributed by atoms with Crippen molar-refractivity contribution >= 4 is 16.8 Å². The Hall–Kier alpha value is -1.85. The Balaban J connectivity index is 1.21. The largest absolute Gasteiger partial charge is 0.376 e. The molecule has 0 N–H and O–H groups in total. The van der Waals surface area contributed by atoms with E-state index in [1.54, 1.807) is 0 Å². The minimum atomic E-state index is 0.265. The van der Waals surface area contributed by atoms with E-state index in [0.29, 0.717) is 11.3 Å². The zero-order chi connectivity index (χ0) is 19.8. The molecule has 2 aromatic rings. The van der Waals surface area contributed by atoms with Gasteiger partial charge < -0.3 is 14.2 Å². The summed E-state index contributed by atoms with van der Waals surface area (Å²) in [7, 11) is 2.18. The second-order valence-corrected chi connectivity index (χ2v) is 9.44. The van der Waals surface area contributed by atoms with Gasteiger partial charge in [0.15, 0.2) is 0 Å². The van der Waals surface area contributed by atoms with E-state index in [9.17, 15) is 4.79 Å². The maximum atomic E-state index is 12.5. The predicted molar refractivity (Wildman–Crippen MR) is 115 cm³/mol. The van der Waals surface area contributed by atoms with Crippen LogP contribution >= 0.6 is 0 Å². The number of carbonyl (C=O) groups is 1. The molecule has 3 aliphatic heterocycles. The smallest absolute Gasteiger partial charge is 0.222 e. The second kappa shape index (κ2) is 7.77. The normalized spacial score (nSPS) is 25.3. The molecular weight excluding hydrogens is 362 g/mol. The molecule has 1 atom stereocenters. The Labute approximate surface area is 173 Å². The minimum Gasteiger partial charge on any atom is -0.376 e. The van der Waals surface area contributed by atoms with Gasteiger partial charge in [-0.2, -0.15) is 0 Å². The molecule has 156 valence electrons. The van der Waals surface area contributed by atoms with Gasteiger partial charge in [0.1, 0.15) is 0 Å². The van der Waals surface area contributed by atoms with E-state index >= 15 is 0 Å². The van der Waals surface area contributed by atoms with Crippen molar-refractivity contribution < 1.29 is 9.53 Å². The van der Waals surface area contributed by atoms with Crippen molar-refractivity contribution in [2.75, 3.05) is 32.8 Å². The number of fused-ring (bicyclic) bond motifs is 1. The molecule has 29 heavy (non-hydrogen) atoms. The van der Waals surface area contributed by atoms with E-state index in [1.165, 1.54) is 29.4 Å². The van der Waals surface area contributed by atoms with Crippen molar-refractivity contribution in [3.63, 3.8) is 0 Å². The number of carbonyl (C=O) groups excluding carboxylic acids is 1. The molecule has 0 aliphatic carbocycles. The molecule has 0 unspecified atom stereocenters. The predicted octanol–water partition coefficient (Wildman–Crippen LogP) is 3.56. The topological polar surface area (TPSA) is 37.7 Å². The lowest BCUT2D eigenvalue weighted by molar-refractivity contribution is -0.141. The molecule has 3 saturated heterocycles. The molecule has 1 amide bonds. The van der Waals surface area contributed by atoms with Crippen molar-refractivity contribution in [1.82, 2.24) is 14.4 Å². The van der Waals surface area contributed by atoms with Gasteiger partial charge in [-0.15, -0.1) is 0 Å². The number of piperidine rings is 2. The highest BCUT2D eigenvalue weighted by atomic mass is 16.5. The number of benzene rings is 1. The fraction of sp³-hybridized carbons (Fsp3) is 0.625. The SMILES string of the molecule is Cn1c(CN2CCC3(CCC(=O)N(C[C@@H]4CCCO4)C3)CC2)cc2ccccc21. The first kappa shape index (κ1) is 19.1. The summed E-state index contributed by atoms with van der Waals surface area (Å²) in [5.41, 5.74) is 3.02. The highest BCUT2D eigenvalue weighted by Gasteiger charge is 2.41. The molecule has 0 radical (unpaired) electrons. The van der Waals surface area contributed by atoms with E-state index < -0.39 is 0 Å². The van der Waals surface area contributed by atoms with Crippen LogP contribution in [0.1, 0.15) is 44.2 Å². The number of aromatic nitrogens is 1. The van der Waals surface area contributed by atoms with Gasteiger partial charge in [0.25, 0.3) is 0 Å². The average molecular weight is 396 g/mol. The maximum Gasteiger partial charge on any atom is 0.222 e. The summed E-state index contributed by atoms with van der Waals surface area (Å²) in [6.07, 6.45) is 6.70.